The summed E-state index contributed by atoms with van der Waals surface area (Å²) in [6.45, 7) is 6.16. The lowest BCUT2D eigenvalue weighted by Gasteiger charge is -2.14. The van der Waals surface area contributed by atoms with Gasteiger partial charge in [0.2, 0.25) is 0 Å². The molecule has 1 atom stereocenters. The van der Waals surface area contributed by atoms with Crippen LogP contribution in [0.2, 0.25) is 5.15 Å². The summed E-state index contributed by atoms with van der Waals surface area (Å²) in [5, 5.41) is 4.28. The molecule has 0 saturated heterocycles. The van der Waals surface area contributed by atoms with Crippen LogP contribution in [0, 0.1) is 0 Å². The molecule has 0 aromatic carbocycles. The zero-order valence-corrected chi connectivity index (χ0v) is 9.44. The molecule has 14 heavy (non-hydrogen) atoms. The van der Waals surface area contributed by atoms with Gasteiger partial charge in [0.05, 0.1) is 0 Å². The van der Waals surface area contributed by atoms with Gasteiger partial charge < -0.3 is 5.32 Å². The Labute approximate surface area is 93.9 Å². The molecule has 0 fully saturated rings. The Morgan fingerprint density at radius 3 is 3.00 bits per heavy atom. The number of halogens is 2. The molecule has 0 spiro atoms. The summed E-state index contributed by atoms with van der Waals surface area (Å²) < 4.78 is 0. The minimum Gasteiger partial charge on any atom is -0.305 e. The maximum Gasteiger partial charge on any atom is 0.133 e. The quantitative estimate of drug-likeness (QED) is 0.805. The van der Waals surface area contributed by atoms with Crippen molar-refractivity contribution < 1.29 is 0 Å². The van der Waals surface area contributed by atoms with E-state index in [1.807, 2.05) is 19.1 Å². The number of nitrogens with zero attached hydrogens (tertiary/aromatic N) is 1. The van der Waals surface area contributed by atoms with E-state index in [4.69, 9.17) is 23.2 Å². The number of hydrogen-bond acceptors (Lipinski definition) is 2. The first-order valence-electron chi connectivity index (χ1n) is 4.28. The van der Waals surface area contributed by atoms with E-state index in [9.17, 15) is 0 Å². The Hall–Kier alpha value is -0.570. The molecule has 0 amide bonds. The van der Waals surface area contributed by atoms with Crippen LogP contribution in [0.3, 0.4) is 0 Å². The lowest BCUT2D eigenvalue weighted by Crippen LogP contribution is -2.20. The van der Waals surface area contributed by atoms with Crippen LogP contribution in [-0.4, -0.2) is 11.5 Å². The van der Waals surface area contributed by atoms with E-state index in [0.717, 1.165) is 5.56 Å². The molecule has 0 bridgehead atoms. The lowest BCUT2D eigenvalue weighted by atomic mass is 10.1. The maximum absolute atomic E-state index is 5.93. The molecule has 1 aromatic rings. The Morgan fingerprint density at radius 1 is 1.71 bits per heavy atom. The summed E-state index contributed by atoms with van der Waals surface area (Å²) in [4.78, 5) is 4.00. The molecule has 1 rings (SSSR count). The third kappa shape index (κ3) is 3.29. The zero-order valence-electron chi connectivity index (χ0n) is 7.93. The van der Waals surface area contributed by atoms with Gasteiger partial charge in [0, 0.05) is 29.4 Å². The zero-order chi connectivity index (χ0) is 10.6. The molecular formula is C10H12Cl2N2. The van der Waals surface area contributed by atoms with Crippen molar-refractivity contribution in [3.8, 4) is 0 Å². The molecular weight excluding hydrogens is 219 g/mol. The maximum atomic E-state index is 5.93. The highest BCUT2D eigenvalue weighted by Crippen LogP contribution is 2.19. The smallest absolute Gasteiger partial charge is 0.133 e. The molecule has 1 aromatic heterocycles. The fourth-order valence-corrected chi connectivity index (χ4v) is 1.46. The summed E-state index contributed by atoms with van der Waals surface area (Å²) in [6, 6.07) is 3.91. The van der Waals surface area contributed by atoms with Gasteiger partial charge >= 0.3 is 0 Å². The van der Waals surface area contributed by atoms with Gasteiger partial charge in [-0.1, -0.05) is 35.8 Å². The number of hydrogen-bond donors (Lipinski definition) is 1. The number of nitrogens with one attached hydrogen (secondary N) is 1. The first-order chi connectivity index (χ1) is 6.61. The topological polar surface area (TPSA) is 24.9 Å². The van der Waals surface area contributed by atoms with Gasteiger partial charge in [-0.2, -0.15) is 0 Å². The molecule has 2 nitrogen and oxygen atoms in total. The predicted octanol–water partition coefficient (Wildman–Crippen LogP) is 3.14. The van der Waals surface area contributed by atoms with Crippen molar-refractivity contribution in [3.05, 3.63) is 40.7 Å². The molecule has 0 radical (unpaired) electrons. The van der Waals surface area contributed by atoms with Crippen LogP contribution in [0.25, 0.3) is 0 Å². The second kappa shape index (κ2) is 5.35. The van der Waals surface area contributed by atoms with Crippen LogP contribution in [0.1, 0.15) is 18.5 Å². The molecule has 0 saturated carbocycles. The lowest BCUT2D eigenvalue weighted by molar-refractivity contribution is 0.612. The fraction of sp³-hybridized carbons (Fsp3) is 0.300. The van der Waals surface area contributed by atoms with Crippen LogP contribution < -0.4 is 5.32 Å². The summed E-state index contributed by atoms with van der Waals surface area (Å²) in [5.74, 6) is 0. The van der Waals surface area contributed by atoms with Crippen molar-refractivity contribution >= 4 is 23.2 Å². The van der Waals surface area contributed by atoms with Gasteiger partial charge in [-0.05, 0) is 13.0 Å². The Kier molecular flexibility index (Phi) is 4.39. The Balaban J connectivity index is 2.65. The summed E-state index contributed by atoms with van der Waals surface area (Å²) in [6.07, 6.45) is 1.67. The molecule has 1 N–H and O–H groups in total. The highest BCUT2D eigenvalue weighted by molar-refractivity contribution is 6.30. The number of aromatic nitrogens is 1. The SMILES string of the molecule is C=C(Cl)CNC(C)c1cccnc1Cl. The standard InChI is InChI=1S/C10H12Cl2N2/c1-7(11)6-14-8(2)9-4-3-5-13-10(9)12/h3-5,8,14H,1,6H2,2H3. The fourth-order valence-electron chi connectivity index (χ4n) is 1.10. The average Bonchev–Trinajstić information content (AvgIpc) is 2.15. The first kappa shape index (κ1) is 11.5. The van der Waals surface area contributed by atoms with Gasteiger partial charge in [0.25, 0.3) is 0 Å². The summed E-state index contributed by atoms with van der Waals surface area (Å²) >= 11 is 11.6. The normalized spacial score (nSPS) is 12.5. The van der Waals surface area contributed by atoms with Crippen molar-refractivity contribution in [2.75, 3.05) is 6.54 Å². The van der Waals surface area contributed by atoms with Crippen LogP contribution in [-0.2, 0) is 0 Å². The van der Waals surface area contributed by atoms with E-state index in [2.05, 4.69) is 16.9 Å². The predicted molar refractivity (Wildman–Crippen MR) is 60.7 cm³/mol. The molecule has 4 heteroatoms. The summed E-state index contributed by atoms with van der Waals surface area (Å²) in [7, 11) is 0. The molecule has 76 valence electrons. The molecule has 1 unspecified atom stereocenters. The van der Waals surface area contributed by atoms with E-state index >= 15 is 0 Å². The molecule has 0 aliphatic heterocycles. The van der Waals surface area contributed by atoms with Gasteiger partial charge in [0.15, 0.2) is 0 Å². The van der Waals surface area contributed by atoms with Gasteiger partial charge in [0.1, 0.15) is 5.15 Å². The monoisotopic (exact) mass is 230 g/mol. The van der Waals surface area contributed by atoms with Gasteiger partial charge in [-0.3, -0.25) is 0 Å². The van der Waals surface area contributed by atoms with E-state index in [1.54, 1.807) is 6.20 Å². The highest BCUT2D eigenvalue weighted by Gasteiger charge is 2.08. The van der Waals surface area contributed by atoms with Crippen LogP contribution >= 0.6 is 23.2 Å². The molecule has 0 aliphatic rings. The molecule has 1 heterocycles. The van der Waals surface area contributed by atoms with E-state index < -0.39 is 0 Å². The Morgan fingerprint density at radius 2 is 2.43 bits per heavy atom. The average molecular weight is 231 g/mol. The summed E-state index contributed by atoms with van der Waals surface area (Å²) in [5.41, 5.74) is 0.965. The minimum absolute atomic E-state index is 0.117. The van der Waals surface area contributed by atoms with Crippen LogP contribution in [0.15, 0.2) is 29.9 Å². The van der Waals surface area contributed by atoms with Crippen molar-refractivity contribution in [2.45, 2.75) is 13.0 Å². The van der Waals surface area contributed by atoms with E-state index in [0.29, 0.717) is 16.7 Å². The third-order valence-electron chi connectivity index (χ3n) is 1.85. The number of rotatable bonds is 4. The van der Waals surface area contributed by atoms with Crippen molar-refractivity contribution in [2.24, 2.45) is 0 Å². The minimum atomic E-state index is 0.117. The van der Waals surface area contributed by atoms with Crippen molar-refractivity contribution in [1.29, 1.82) is 0 Å². The van der Waals surface area contributed by atoms with Crippen LogP contribution in [0.4, 0.5) is 0 Å². The third-order valence-corrected chi connectivity index (χ3v) is 2.30. The number of pyridine rings is 1. The molecule has 0 aliphatic carbocycles. The van der Waals surface area contributed by atoms with E-state index in [1.165, 1.54) is 0 Å². The van der Waals surface area contributed by atoms with Gasteiger partial charge in [-0.25, -0.2) is 4.98 Å². The highest BCUT2D eigenvalue weighted by atomic mass is 35.5. The second-order valence-electron chi connectivity index (χ2n) is 3.00. The second-order valence-corrected chi connectivity index (χ2v) is 3.90. The van der Waals surface area contributed by atoms with Gasteiger partial charge in [-0.15, -0.1) is 0 Å². The largest absolute Gasteiger partial charge is 0.305 e. The van der Waals surface area contributed by atoms with Crippen molar-refractivity contribution in [3.63, 3.8) is 0 Å². The Bertz CT molecular complexity index is 326. The van der Waals surface area contributed by atoms with E-state index in [-0.39, 0.29) is 6.04 Å². The first-order valence-corrected chi connectivity index (χ1v) is 5.04. The van der Waals surface area contributed by atoms with Crippen molar-refractivity contribution in [1.82, 2.24) is 10.3 Å². The van der Waals surface area contributed by atoms with Crippen LogP contribution in [0.5, 0.6) is 0 Å².